The Morgan fingerprint density at radius 3 is 2.69 bits per heavy atom. The molecule has 0 fully saturated rings. The van der Waals surface area contributed by atoms with Crippen molar-refractivity contribution < 1.29 is 4.39 Å². The number of nitrogens with one attached hydrogen (secondary N) is 1. The molecule has 90 valence electrons. The van der Waals surface area contributed by atoms with Gasteiger partial charge in [-0.15, -0.1) is 0 Å². The van der Waals surface area contributed by atoms with Gasteiger partial charge in [-0.05, 0) is 42.5 Å². The Morgan fingerprint density at radius 1 is 1.44 bits per heavy atom. The second-order valence-corrected chi connectivity index (χ2v) is 4.84. The monoisotopic (exact) mass is 244 g/mol. The van der Waals surface area contributed by atoms with Crippen LogP contribution in [-0.4, -0.2) is 6.04 Å². The van der Waals surface area contributed by atoms with Gasteiger partial charge in [-0.25, -0.2) is 4.39 Å². The van der Waals surface area contributed by atoms with E-state index in [1.807, 2.05) is 0 Å². The molecule has 0 aliphatic carbocycles. The van der Waals surface area contributed by atoms with Crippen LogP contribution >= 0.6 is 11.6 Å². The lowest BCUT2D eigenvalue weighted by Gasteiger charge is -2.18. The Hall–Kier alpha value is -0.640. The number of hydrogen-bond acceptors (Lipinski definition) is 2. The molecule has 3 N–H and O–H groups in total. The SMILES string of the molecule is CC(C)CC(Cc1cc(F)ccc1Cl)NN. The van der Waals surface area contributed by atoms with Crippen LogP contribution in [0, 0.1) is 11.7 Å². The molecule has 0 aliphatic heterocycles. The molecule has 1 aromatic carbocycles. The van der Waals surface area contributed by atoms with Crippen molar-refractivity contribution in [2.75, 3.05) is 0 Å². The van der Waals surface area contributed by atoms with Crippen LogP contribution in [0.15, 0.2) is 18.2 Å². The second-order valence-electron chi connectivity index (χ2n) is 4.43. The fourth-order valence-electron chi connectivity index (χ4n) is 1.74. The maximum absolute atomic E-state index is 13.1. The summed E-state index contributed by atoms with van der Waals surface area (Å²) in [6, 6.07) is 4.53. The lowest BCUT2D eigenvalue weighted by molar-refractivity contribution is 0.423. The van der Waals surface area contributed by atoms with Crippen molar-refractivity contribution in [2.45, 2.75) is 32.7 Å². The van der Waals surface area contributed by atoms with Gasteiger partial charge < -0.3 is 0 Å². The summed E-state index contributed by atoms with van der Waals surface area (Å²) in [7, 11) is 0. The van der Waals surface area contributed by atoms with Crippen LogP contribution < -0.4 is 11.3 Å². The third-order valence-electron chi connectivity index (χ3n) is 2.47. The van der Waals surface area contributed by atoms with Crippen molar-refractivity contribution in [3.63, 3.8) is 0 Å². The van der Waals surface area contributed by atoms with Gasteiger partial charge in [0, 0.05) is 11.1 Å². The Labute approximate surface area is 101 Å². The highest BCUT2D eigenvalue weighted by Gasteiger charge is 2.12. The number of rotatable bonds is 5. The Kier molecular flexibility index (Phi) is 5.19. The summed E-state index contributed by atoms with van der Waals surface area (Å²) in [6.45, 7) is 4.25. The van der Waals surface area contributed by atoms with E-state index in [0.717, 1.165) is 12.0 Å². The Balaban J connectivity index is 2.73. The van der Waals surface area contributed by atoms with E-state index >= 15 is 0 Å². The van der Waals surface area contributed by atoms with Crippen molar-refractivity contribution in [2.24, 2.45) is 11.8 Å². The lowest BCUT2D eigenvalue weighted by atomic mass is 9.98. The van der Waals surface area contributed by atoms with Gasteiger partial charge in [0.2, 0.25) is 0 Å². The summed E-state index contributed by atoms with van der Waals surface area (Å²) in [6.07, 6.45) is 1.58. The normalized spacial score (nSPS) is 13.1. The van der Waals surface area contributed by atoms with E-state index in [1.54, 1.807) is 6.07 Å². The number of nitrogens with two attached hydrogens (primary N) is 1. The molecule has 4 heteroatoms. The van der Waals surface area contributed by atoms with Gasteiger partial charge in [0.25, 0.3) is 0 Å². The maximum Gasteiger partial charge on any atom is 0.123 e. The molecule has 2 nitrogen and oxygen atoms in total. The van der Waals surface area contributed by atoms with Gasteiger partial charge in [0.05, 0.1) is 0 Å². The Bertz CT molecular complexity index is 342. The zero-order valence-electron chi connectivity index (χ0n) is 9.63. The van der Waals surface area contributed by atoms with E-state index in [-0.39, 0.29) is 11.9 Å². The third kappa shape index (κ3) is 4.08. The van der Waals surface area contributed by atoms with Crippen molar-refractivity contribution in [3.05, 3.63) is 34.6 Å². The van der Waals surface area contributed by atoms with E-state index in [4.69, 9.17) is 17.4 Å². The third-order valence-corrected chi connectivity index (χ3v) is 2.83. The number of halogens is 2. The molecule has 0 radical (unpaired) electrons. The van der Waals surface area contributed by atoms with Crippen LogP contribution in [0.5, 0.6) is 0 Å². The molecule has 0 amide bonds. The molecule has 0 aromatic heterocycles. The van der Waals surface area contributed by atoms with E-state index in [1.165, 1.54) is 12.1 Å². The van der Waals surface area contributed by atoms with E-state index in [0.29, 0.717) is 17.4 Å². The van der Waals surface area contributed by atoms with Crippen molar-refractivity contribution in [1.29, 1.82) is 0 Å². The van der Waals surface area contributed by atoms with Gasteiger partial charge in [-0.3, -0.25) is 11.3 Å². The second kappa shape index (κ2) is 6.18. The molecule has 0 saturated carbocycles. The van der Waals surface area contributed by atoms with E-state index in [2.05, 4.69) is 19.3 Å². The molecular formula is C12H18ClFN2. The van der Waals surface area contributed by atoms with Gasteiger partial charge >= 0.3 is 0 Å². The molecule has 1 atom stereocenters. The van der Waals surface area contributed by atoms with E-state index < -0.39 is 0 Å². The van der Waals surface area contributed by atoms with Crippen LogP contribution in [0.3, 0.4) is 0 Å². The summed E-state index contributed by atoms with van der Waals surface area (Å²) >= 11 is 6.00. The molecule has 0 bridgehead atoms. The van der Waals surface area contributed by atoms with Gasteiger partial charge in [0.15, 0.2) is 0 Å². The number of hydrazine groups is 1. The van der Waals surface area contributed by atoms with E-state index in [9.17, 15) is 4.39 Å². The molecular weight excluding hydrogens is 227 g/mol. The zero-order chi connectivity index (χ0) is 12.1. The summed E-state index contributed by atoms with van der Waals surface area (Å²) in [5.74, 6) is 5.74. The highest BCUT2D eigenvalue weighted by atomic mass is 35.5. The van der Waals surface area contributed by atoms with Gasteiger partial charge in [-0.1, -0.05) is 25.4 Å². The van der Waals surface area contributed by atoms with Crippen LogP contribution in [0.2, 0.25) is 5.02 Å². The van der Waals surface area contributed by atoms with Crippen LogP contribution in [0.25, 0.3) is 0 Å². The van der Waals surface area contributed by atoms with Crippen molar-refractivity contribution in [1.82, 2.24) is 5.43 Å². The minimum atomic E-state index is -0.264. The molecule has 1 rings (SSSR count). The summed E-state index contributed by atoms with van der Waals surface area (Å²) in [5.41, 5.74) is 3.54. The number of hydrogen-bond donors (Lipinski definition) is 2. The molecule has 1 aromatic rings. The van der Waals surface area contributed by atoms with Crippen LogP contribution in [0.4, 0.5) is 4.39 Å². The largest absolute Gasteiger partial charge is 0.271 e. The molecule has 0 spiro atoms. The first kappa shape index (κ1) is 13.4. The first-order chi connectivity index (χ1) is 7.52. The average Bonchev–Trinajstić information content (AvgIpc) is 2.21. The smallest absolute Gasteiger partial charge is 0.123 e. The summed E-state index contributed by atoms with van der Waals surface area (Å²) in [4.78, 5) is 0. The molecule has 0 saturated heterocycles. The Morgan fingerprint density at radius 2 is 2.12 bits per heavy atom. The minimum Gasteiger partial charge on any atom is -0.271 e. The predicted octanol–water partition coefficient (Wildman–Crippen LogP) is 2.90. The van der Waals surface area contributed by atoms with Gasteiger partial charge in [-0.2, -0.15) is 0 Å². The fraction of sp³-hybridized carbons (Fsp3) is 0.500. The summed E-state index contributed by atoms with van der Waals surface area (Å²) < 4.78 is 13.1. The van der Waals surface area contributed by atoms with Crippen LogP contribution in [0.1, 0.15) is 25.8 Å². The first-order valence-electron chi connectivity index (χ1n) is 5.43. The van der Waals surface area contributed by atoms with Crippen molar-refractivity contribution >= 4 is 11.6 Å². The minimum absolute atomic E-state index is 0.124. The fourth-order valence-corrected chi connectivity index (χ4v) is 1.94. The standard InChI is InChI=1S/C12H18ClFN2/c1-8(2)5-11(16-15)7-9-6-10(14)3-4-12(9)13/h3-4,6,8,11,16H,5,7,15H2,1-2H3. The molecule has 16 heavy (non-hydrogen) atoms. The average molecular weight is 245 g/mol. The summed E-state index contributed by atoms with van der Waals surface area (Å²) in [5, 5.41) is 0.588. The quantitative estimate of drug-likeness (QED) is 0.618. The zero-order valence-corrected chi connectivity index (χ0v) is 10.4. The number of benzene rings is 1. The molecule has 1 unspecified atom stereocenters. The van der Waals surface area contributed by atoms with Crippen molar-refractivity contribution in [3.8, 4) is 0 Å². The topological polar surface area (TPSA) is 38.0 Å². The predicted molar refractivity (Wildman–Crippen MR) is 65.7 cm³/mol. The molecule has 0 aliphatic rings. The highest BCUT2D eigenvalue weighted by molar-refractivity contribution is 6.31. The first-order valence-corrected chi connectivity index (χ1v) is 5.80. The highest BCUT2D eigenvalue weighted by Crippen LogP contribution is 2.20. The maximum atomic E-state index is 13.1. The van der Waals surface area contributed by atoms with Crippen LogP contribution in [-0.2, 0) is 6.42 Å². The molecule has 0 heterocycles. The van der Waals surface area contributed by atoms with Gasteiger partial charge in [0.1, 0.15) is 5.82 Å². The lowest BCUT2D eigenvalue weighted by Crippen LogP contribution is -2.37.